The summed E-state index contributed by atoms with van der Waals surface area (Å²) in [5.41, 5.74) is 6.93. The molecule has 9 heteroatoms. The Kier molecular flexibility index (Phi) is 3.59. The lowest BCUT2D eigenvalue weighted by Crippen LogP contribution is -1.94. The minimum atomic E-state index is 0.368. The molecule has 0 aliphatic carbocycles. The molecule has 2 N–H and O–H groups in total. The summed E-state index contributed by atoms with van der Waals surface area (Å²) in [7, 11) is 1.53. The highest BCUT2D eigenvalue weighted by Gasteiger charge is 2.17. The van der Waals surface area contributed by atoms with Crippen LogP contribution in [0, 0.1) is 6.92 Å². The molecule has 3 aromatic heterocycles. The summed E-state index contributed by atoms with van der Waals surface area (Å²) in [6.07, 6.45) is 1.38. The van der Waals surface area contributed by atoms with Crippen LogP contribution in [0.4, 0.5) is 0 Å². The summed E-state index contributed by atoms with van der Waals surface area (Å²) in [4.78, 5) is 17.5. The molecular weight excluding hydrogens is 292 g/mol. The molecule has 108 valence electrons. The van der Waals surface area contributed by atoms with E-state index in [1.165, 1.54) is 24.8 Å². The monoisotopic (exact) mass is 304 g/mol. The van der Waals surface area contributed by atoms with E-state index in [2.05, 4.69) is 25.1 Å². The van der Waals surface area contributed by atoms with Crippen LogP contribution >= 0.6 is 11.3 Å². The lowest BCUT2D eigenvalue weighted by molar-refractivity contribution is 0.397. The van der Waals surface area contributed by atoms with Gasteiger partial charge in [0.05, 0.1) is 12.8 Å². The molecular formula is C12H12N6O2S. The zero-order valence-electron chi connectivity index (χ0n) is 11.4. The maximum Gasteiger partial charge on any atom is 0.270 e. The number of hydrogen-bond donors (Lipinski definition) is 1. The first-order chi connectivity index (χ1) is 10.2. The van der Waals surface area contributed by atoms with E-state index in [1.807, 2.05) is 6.92 Å². The number of hydrogen-bond acceptors (Lipinski definition) is 9. The van der Waals surface area contributed by atoms with Gasteiger partial charge in [-0.1, -0.05) is 5.16 Å². The molecule has 3 aromatic rings. The molecule has 0 saturated heterocycles. The molecule has 0 radical (unpaired) electrons. The summed E-state index contributed by atoms with van der Waals surface area (Å²) < 4.78 is 10.3. The fourth-order valence-corrected chi connectivity index (χ4v) is 2.60. The number of thiazole rings is 1. The maximum atomic E-state index is 5.59. The van der Waals surface area contributed by atoms with Crippen LogP contribution in [0.1, 0.15) is 10.7 Å². The lowest BCUT2D eigenvalue weighted by Gasteiger charge is -1.97. The Balaban J connectivity index is 1.97. The summed E-state index contributed by atoms with van der Waals surface area (Å²) >= 11 is 1.44. The van der Waals surface area contributed by atoms with E-state index in [0.29, 0.717) is 29.8 Å². The second kappa shape index (κ2) is 5.54. The minimum Gasteiger partial charge on any atom is -0.481 e. The first-order valence-electron chi connectivity index (χ1n) is 6.08. The topological polar surface area (TPSA) is 113 Å². The molecule has 21 heavy (non-hydrogen) atoms. The lowest BCUT2D eigenvalue weighted by atomic mass is 10.3. The van der Waals surface area contributed by atoms with Crippen LogP contribution in [0.5, 0.6) is 5.88 Å². The van der Waals surface area contributed by atoms with Crippen LogP contribution in [0.25, 0.3) is 22.3 Å². The average molecular weight is 304 g/mol. The number of aryl methyl sites for hydroxylation is 1. The summed E-state index contributed by atoms with van der Waals surface area (Å²) in [5, 5.41) is 4.76. The largest absolute Gasteiger partial charge is 0.481 e. The summed E-state index contributed by atoms with van der Waals surface area (Å²) in [6, 6.07) is 1.64. The second-order valence-electron chi connectivity index (χ2n) is 4.10. The van der Waals surface area contributed by atoms with Gasteiger partial charge in [0, 0.05) is 12.6 Å². The van der Waals surface area contributed by atoms with Gasteiger partial charge in [-0.2, -0.15) is 4.98 Å². The van der Waals surface area contributed by atoms with Gasteiger partial charge in [0.1, 0.15) is 21.9 Å². The van der Waals surface area contributed by atoms with Gasteiger partial charge in [0.15, 0.2) is 0 Å². The molecule has 0 aliphatic rings. The van der Waals surface area contributed by atoms with E-state index in [1.54, 1.807) is 6.07 Å². The Hall–Kier alpha value is -2.39. The van der Waals surface area contributed by atoms with Crippen molar-refractivity contribution in [2.24, 2.45) is 5.73 Å². The molecule has 3 heterocycles. The van der Waals surface area contributed by atoms with Crippen molar-refractivity contribution in [2.45, 2.75) is 13.5 Å². The van der Waals surface area contributed by atoms with Gasteiger partial charge < -0.3 is 15.0 Å². The Labute approximate surface area is 124 Å². The molecule has 0 spiro atoms. The van der Waals surface area contributed by atoms with E-state index in [9.17, 15) is 0 Å². The van der Waals surface area contributed by atoms with Crippen molar-refractivity contribution < 1.29 is 9.26 Å². The average Bonchev–Trinajstić information content (AvgIpc) is 3.13. The number of aromatic nitrogens is 5. The minimum absolute atomic E-state index is 0.368. The molecule has 0 aliphatic heterocycles. The van der Waals surface area contributed by atoms with Gasteiger partial charge in [-0.25, -0.2) is 15.0 Å². The van der Waals surface area contributed by atoms with Gasteiger partial charge in [-0.05, 0) is 6.92 Å². The Morgan fingerprint density at radius 1 is 1.33 bits per heavy atom. The maximum absolute atomic E-state index is 5.59. The SMILES string of the molecule is COc1cc(-c2noc(-c3sc(CN)nc3C)n2)ncn1. The second-order valence-corrected chi connectivity index (χ2v) is 5.18. The van der Waals surface area contributed by atoms with Crippen LogP contribution in [-0.4, -0.2) is 32.2 Å². The number of methoxy groups -OCH3 is 1. The van der Waals surface area contributed by atoms with Crippen molar-refractivity contribution in [1.82, 2.24) is 25.1 Å². The molecule has 0 unspecified atom stereocenters. The summed E-state index contributed by atoms with van der Waals surface area (Å²) in [5.74, 6) is 1.20. The van der Waals surface area contributed by atoms with Crippen LogP contribution < -0.4 is 10.5 Å². The quantitative estimate of drug-likeness (QED) is 0.770. The van der Waals surface area contributed by atoms with Crippen molar-refractivity contribution in [3.05, 3.63) is 23.1 Å². The Morgan fingerprint density at radius 3 is 2.90 bits per heavy atom. The van der Waals surface area contributed by atoms with Crippen molar-refractivity contribution in [1.29, 1.82) is 0 Å². The number of nitrogens with two attached hydrogens (primary N) is 1. The van der Waals surface area contributed by atoms with Crippen molar-refractivity contribution in [3.63, 3.8) is 0 Å². The molecule has 0 saturated carbocycles. The van der Waals surface area contributed by atoms with Crippen LogP contribution in [-0.2, 0) is 6.54 Å². The Morgan fingerprint density at radius 2 is 2.19 bits per heavy atom. The molecule has 0 amide bonds. The first-order valence-corrected chi connectivity index (χ1v) is 6.89. The summed E-state index contributed by atoms with van der Waals surface area (Å²) in [6.45, 7) is 2.26. The van der Waals surface area contributed by atoms with E-state index >= 15 is 0 Å². The van der Waals surface area contributed by atoms with Gasteiger partial charge in [-0.3, -0.25) is 0 Å². The molecule has 8 nitrogen and oxygen atoms in total. The first kappa shape index (κ1) is 13.6. The van der Waals surface area contributed by atoms with Crippen LogP contribution in [0.3, 0.4) is 0 Å². The van der Waals surface area contributed by atoms with Crippen LogP contribution in [0.15, 0.2) is 16.9 Å². The normalized spacial score (nSPS) is 10.8. The van der Waals surface area contributed by atoms with Gasteiger partial charge >= 0.3 is 0 Å². The van der Waals surface area contributed by atoms with Crippen molar-refractivity contribution in [3.8, 4) is 28.2 Å². The van der Waals surface area contributed by atoms with Crippen molar-refractivity contribution >= 4 is 11.3 Å². The molecule has 0 atom stereocenters. The number of nitrogens with zero attached hydrogens (tertiary/aromatic N) is 5. The number of ether oxygens (including phenoxy) is 1. The Bertz CT molecular complexity index is 769. The van der Waals surface area contributed by atoms with Crippen LogP contribution in [0.2, 0.25) is 0 Å². The van der Waals surface area contributed by atoms with Crippen molar-refractivity contribution in [2.75, 3.05) is 7.11 Å². The molecule has 0 fully saturated rings. The highest BCUT2D eigenvalue weighted by Crippen LogP contribution is 2.30. The third kappa shape index (κ3) is 2.60. The fraction of sp³-hybridized carbons (Fsp3) is 0.250. The van der Waals surface area contributed by atoms with Gasteiger partial charge in [-0.15, -0.1) is 11.3 Å². The highest BCUT2D eigenvalue weighted by molar-refractivity contribution is 7.15. The van der Waals surface area contributed by atoms with E-state index in [0.717, 1.165) is 15.6 Å². The van der Waals surface area contributed by atoms with E-state index in [4.69, 9.17) is 15.0 Å². The molecule has 0 bridgehead atoms. The predicted molar refractivity (Wildman–Crippen MR) is 75.6 cm³/mol. The molecule has 0 aromatic carbocycles. The predicted octanol–water partition coefficient (Wildman–Crippen LogP) is 1.43. The smallest absolute Gasteiger partial charge is 0.270 e. The zero-order valence-corrected chi connectivity index (χ0v) is 12.2. The van der Waals surface area contributed by atoms with Gasteiger partial charge in [0.25, 0.3) is 5.89 Å². The van der Waals surface area contributed by atoms with E-state index in [-0.39, 0.29) is 0 Å². The third-order valence-electron chi connectivity index (χ3n) is 2.72. The fourth-order valence-electron chi connectivity index (χ4n) is 1.73. The standard InChI is InChI=1S/C12H12N6O2S/c1-6-10(21-9(4-13)16-6)12-17-11(18-20-12)7-3-8(19-2)15-5-14-7/h3,5H,4,13H2,1-2H3. The highest BCUT2D eigenvalue weighted by atomic mass is 32.1. The molecule has 3 rings (SSSR count). The third-order valence-corrected chi connectivity index (χ3v) is 3.88. The zero-order chi connectivity index (χ0) is 14.8. The van der Waals surface area contributed by atoms with E-state index < -0.39 is 0 Å². The number of rotatable bonds is 4. The van der Waals surface area contributed by atoms with Gasteiger partial charge in [0.2, 0.25) is 11.7 Å².